The Labute approximate surface area is 146 Å². The summed E-state index contributed by atoms with van der Waals surface area (Å²) in [4.78, 5) is 16.8. The third-order valence-corrected chi connectivity index (χ3v) is 4.78. The fourth-order valence-electron chi connectivity index (χ4n) is 2.77. The molecule has 1 heterocycles. The Morgan fingerprint density at radius 2 is 1.57 bits per heavy atom. The monoisotopic (exact) mass is 348 g/mol. The Morgan fingerprint density at radius 3 is 2.22 bits per heavy atom. The summed E-state index contributed by atoms with van der Waals surface area (Å²) in [5, 5.41) is 1.17. The number of hydrogen-bond donors (Lipinski definition) is 0. The number of benzene rings is 2. The number of piperazine rings is 1. The Bertz CT molecular complexity index is 704. The van der Waals surface area contributed by atoms with E-state index in [4.69, 9.17) is 23.2 Å². The molecule has 1 amide bonds. The van der Waals surface area contributed by atoms with Gasteiger partial charge in [0.15, 0.2) is 0 Å². The highest BCUT2D eigenvalue weighted by Gasteiger charge is 2.21. The van der Waals surface area contributed by atoms with Crippen molar-refractivity contribution < 1.29 is 4.79 Å². The standard InChI is InChI=1S/C18H18Cl2N2O/c1-21-8-10-22(11-9-21)18(23)14-5-2-4-13(12-14)17-15(19)6-3-7-16(17)20/h2-7,12H,8-11H2,1H3. The van der Waals surface area contributed by atoms with Crippen LogP contribution in [0.4, 0.5) is 0 Å². The molecule has 0 bridgehead atoms. The average molecular weight is 349 g/mol. The molecule has 1 fully saturated rings. The van der Waals surface area contributed by atoms with Gasteiger partial charge in [0.1, 0.15) is 0 Å². The summed E-state index contributed by atoms with van der Waals surface area (Å²) in [5.41, 5.74) is 2.30. The van der Waals surface area contributed by atoms with E-state index in [0.29, 0.717) is 15.6 Å². The van der Waals surface area contributed by atoms with Crippen molar-refractivity contribution in [3.05, 3.63) is 58.1 Å². The van der Waals surface area contributed by atoms with Gasteiger partial charge in [-0.2, -0.15) is 0 Å². The van der Waals surface area contributed by atoms with Crippen LogP contribution < -0.4 is 0 Å². The molecule has 0 N–H and O–H groups in total. The van der Waals surface area contributed by atoms with Gasteiger partial charge in [-0.1, -0.05) is 41.4 Å². The molecule has 5 heteroatoms. The minimum atomic E-state index is 0.0585. The van der Waals surface area contributed by atoms with Crippen LogP contribution in [0, 0.1) is 0 Å². The maximum Gasteiger partial charge on any atom is 0.253 e. The molecular weight excluding hydrogens is 331 g/mol. The highest BCUT2D eigenvalue weighted by molar-refractivity contribution is 6.39. The number of likely N-dealkylation sites (N-methyl/N-ethyl adjacent to an activating group) is 1. The molecule has 0 atom stereocenters. The number of amides is 1. The zero-order valence-electron chi connectivity index (χ0n) is 12.9. The summed E-state index contributed by atoms with van der Waals surface area (Å²) < 4.78 is 0. The topological polar surface area (TPSA) is 23.6 Å². The predicted octanol–water partition coefficient (Wildman–Crippen LogP) is 4.05. The second kappa shape index (κ2) is 6.91. The van der Waals surface area contributed by atoms with Crippen LogP contribution in [-0.4, -0.2) is 48.9 Å². The summed E-state index contributed by atoms with van der Waals surface area (Å²) in [7, 11) is 2.07. The van der Waals surface area contributed by atoms with Crippen molar-refractivity contribution in [2.24, 2.45) is 0 Å². The Morgan fingerprint density at radius 1 is 0.957 bits per heavy atom. The first-order valence-corrected chi connectivity index (χ1v) is 8.34. The van der Waals surface area contributed by atoms with Crippen molar-refractivity contribution in [1.82, 2.24) is 9.80 Å². The molecule has 0 radical (unpaired) electrons. The van der Waals surface area contributed by atoms with Gasteiger partial charge in [-0.3, -0.25) is 4.79 Å². The number of rotatable bonds is 2. The summed E-state index contributed by atoms with van der Waals surface area (Å²) in [6, 6.07) is 12.9. The van der Waals surface area contributed by atoms with Crippen LogP contribution in [0.2, 0.25) is 10.0 Å². The highest BCUT2D eigenvalue weighted by Crippen LogP contribution is 2.34. The van der Waals surface area contributed by atoms with Crippen LogP contribution >= 0.6 is 23.2 Å². The zero-order chi connectivity index (χ0) is 16.4. The van der Waals surface area contributed by atoms with Gasteiger partial charge >= 0.3 is 0 Å². The first kappa shape index (κ1) is 16.3. The molecule has 0 aliphatic carbocycles. The van der Waals surface area contributed by atoms with Crippen molar-refractivity contribution >= 4 is 29.1 Å². The molecule has 1 aliphatic heterocycles. The first-order valence-electron chi connectivity index (χ1n) is 7.58. The van der Waals surface area contributed by atoms with E-state index in [1.807, 2.05) is 35.2 Å². The van der Waals surface area contributed by atoms with Crippen LogP contribution in [0.25, 0.3) is 11.1 Å². The average Bonchev–Trinajstić information content (AvgIpc) is 2.55. The van der Waals surface area contributed by atoms with E-state index in [9.17, 15) is 4.79 Å². The molecule has 120 valence electrons. The lowest BCUT2D eigenvalue weighted by Crippen LogP contribution is -2.47. The fourth-order valence-corrected chi connectivity index (χ4v) is 3.39. The van der Waals surface area contributed by atoms with Crippen LogP contribution in [0.5, 0.6) is 0 Å². The first-order chi connectivity index (χ1) is 11.1. The van der Waals surface area contributed by atoms with Crippen LogP contribution in [0.15, 0.2) is 42.5 Å². The number of nitrogens with zero attached hydrogens (tertiary/aromatic N) is 2. The van der Waals surface area contributed by atoms with Gasteiger partial charge in [0, 0.05) is 47.4 Å². The molecule has 3 rings (SSSR count). The van der Waals surface area contributed by atoms with E-state index in [-0.39, 0.29) is 5.91 Å². The predicted molar refractivity (Wildman–Crippen MR) is 95.3 cm³/mol. The van der Waals surface area contributed by atoms with Crippen molar-refractivity contribution in [3.8, 4) is 11.1 Å². The lowest BCUT2D eigenvalue weighted by atomic mass is 10.0. The quantitative estimate of drug-likeness (QED) is 0.817. The Kier molecular flexibility index (Phi) is 4.90. The van der Waals surface area contributed by atoms with Gasteiger partial charge in [0.05, 0.1) is 0 Å². The third-order valence-electron chi connectivity index (χ3n) is 4.15. The Balaban J connectivity index is 1.90. The van der Waals surface area contributed by atoms with E-state index < -0.39 is 0 Å². The highest BCUT2D eigenvalue weighted by atomic mass is 35.5. The van der Waals surface area contributed by atoms with Gasteiger partial charge in [-0.25, -0.2) is 0 Å². The molecule has 2 aromatic carbocycles. The summed E-state index contributed by atoms with van der Waals surface area (Å²) in [6.07, 6.45) is 0. The van der Waals surface area contributed by atoms with E-state index in [1.54, 1.807) is 12.1 Å². The van der Waals surface area contributed by atoms with Gasteiger partial charge in [-0.05, 0) is 36.9 Å². The molecule has 0 aromatic heterocycles. The molecule has 3 nitrogen and oxygen atoms in total. The molecule has 1 saturated heterocycles. The second-order valence-electron chi connectivity index (χ2n) is 5.77. The Hall–Kier alpha value is -1.55. The lowest BCUT2D eigenvalue weighted by Gasteiger charge is -2.32. The van der Waals surface area contributed by atoms with Gasteiger partial charge < -0.3 is 9.80 Å². The van der Waals surface area contributed by atoms with E-state index in [1.165, 1.54) is 0 Å². The van der Waals surface area contributed by atoms with E-state index in [2.05, 4.69) is 11.9 Å². The molecule has 1 aliphatic rings. The van der Waals surface area contributed by atoms with Crippen molar-refractivity contribution in [2.45, 2.75) is 0 Å². The van der Waals surface area contributed by atoms with Crippen LogP contribution in [0.1, 0.15) is 10.4 Å². The van der Waals surface area contributed by atoms with Crippen molar-refractivity contribution in [2.75, 3.05) is 33.2 Å². The molecule has 0 unspecified atom stereocenters. The normalized spacial score (nSPS) is 15.7. The minimum Gasteiger partial charge on any atom is -0.336 e. The van der Waals surface area contributed by atoms with Gasteiger partial charge in [-0.15, -0.1) is 0 Å². The number of carbonyl (C=O) groups excluding carboxylic acids is 1. The zero-order valence-corrected chi connectivity index (χ0v) is 14.4. The largest absolute Gasteiger partial charge is 0.336 e. The molecule has 23 heavy (non-hydrogen) atoms. The molecule has 2 aromatic rings. The minimum absolute atomic E-state index is 0.0585. The van der Waals surface area contributed by atoms with Crippen LogP contribution in [0.3, 0.4) is 0 Å². The summed E-state index contributed by atoms with van der Waals surface area (Å²) >= 11 is 12.6. The SMILES string of the molecule is CN1CCN(C(=O)c2cccc(-c3c(Cl)cccc3Cl)c2)CC1. The smallest absolute Gasteiger partial charge is 0.253 e. The maximum atomic E-state index is 12.7. The van der Waals surface area contributed by atoms with E-state index in [0.717, 1.165) is 37.3 Å². The van der Waals surface area contributed by atoms with Gasteiger partial charge in [0.2, 0.25) is 0 Å². The van der Waals surface area contributed by atoms with Crippen LogP contribution in [-0.2, 0) is 0 Å². The lowest BCUT2D eigenvalue weighted by molar-refractivity contribution is 0.0664. The third kappa shape index (κ3) is 3.52. The summed E-state index contributed by atoms with van der Waals surface area (Å²) in [6.45, 7) is 3.32. The summed E-state index contributed by atoms with van der Waals surface area (Å²) in [5.74, 6) is 0.0585. The van der Waals surface area contributed by atoms with Crippen molar-refractivity contribution in [1.29, 1.82) is 0 Å². The van der Waals surface area contributed by atoms with Crippen molar-refractivity contribution in [3.63, 3.8) is 0 Å². The molecular formula is C18H18Cl2N2O. The number of hydrogen-bond acceptors (Lipinski definition) is 2. The van der Waals surface area contributed by atoms with Gasteiger partial charge in [0.25, 0.3) is 5.91 Å². The maximum absolute atomic E-state index is 12.7. The molecule has 0 saturated carbocycles. The molecule has 0 spiro atoms. The number of halogens is 2. The number of carbonyl (C=O) groups is 1. The second-order valence-corrected chi connectivity index (χ2v) is 6.59. The fraction of sp³-hybridized carbons (Fsp3) is 0.278. The van der Waals surface area contributed by atoms with E-state index >= 15 is 0 Å².